The molecule has 0 radical (unpaired) electrons. The van der Waals surface area contributed by atoms with Crippen LogP contribution in [0.4, 0.5) is 0 Å². The average molecular weight is 376 g/mol. The predicted octanol–water partition coefficient (Wildman–Crippen LogP) is 2.49. The second kappa shape index (κ2) is 7.88. The van der Waals surface area contributed by atoms with Crippen LogP contribution in [-0.4, -0.2) is 39.8 Å². The summed E-state index contributed by atoms with van der Waals surface area (Å²) in [6, 6.07) is 10.5. The highest BCUT2D eigenvalue weighted by Crippen LogP contribution is 2.23. The van der Waals surface area contributed by atoms with E-state index in [1.807, 2.05) is 24.3 Å². The first kappa shape index (κ1) is 19.9. The van der Waals surface area contributed by atoms with Crippen molar-refractivity contribution in [1.82, 2.24) is 9.62 Å². The number of nitrogens with zero attached hydrogens (tertiary/aromatic N) is 1. The minimum atomic E-state index is -3.62. The van der Waals surface area contributed by atoms with Crippen molar-refractivity contribution in [2.24, 2.45) is 0 Å². The number of methoxy groups -OCH3 is 1. The lowest BCUT2D eigenvalue weighted by atomic mass is 10.1. The standard InChI is InChI=1S/C19H24N2O4S/c1-13-10-16(11-18(14(13)2)26(23,24)21(3)4)19(22)20-12-15-6-8-17(25-5)9-7-15/h6-11H,12H2,1-5H3,(H,20,22). The van der Waals surface area contributed by atoms with Gasteiger partial charge >= 0.3 is 0 Å². The van der Waals surface area contributed by atoms with Crippen molar-refractivity contribution in [2.75, 3.05) is 21.2 Å². The number of amides is 1. The maximum atomic E-state index is 12.5. The summed E-state index contributed by atoms with van der Waals surface area (Å²) in [5, 5.41) is 2.82. The number of rotatable bonds is 6. The van der Waals surface area contributed by atoms with Gasteiger partial charge in [0.15, 0.2) is 0 Å². The molecule has 6 nitrogen and oxygen atoms in total. The highest BCUT2D eigenvalue weighted by molar-refractivity contribution is 7.89. The summed E-state index contributed by atoms with van der Waals surface area (Å²) in [5.41, 5.74) is 2.64. The minimum absolute atomic E-state index is 0.150. The van der Waals surface area contributed by atoms with E-state index in [-0.39, 0.29) is 10.8 Å². The molecule has 0 aliphatic carbocycles. The Kier molecular flexibility index (Phi) is 6.05. The summed E-state index contributed by atoms with van der Waals surface area (Å²) in [7, 11) is 0.917. The van der Waals surface area contributed by atoms with Crippen LogP contribution in [0, 0.1) is 13.8 Å². The molecule has 0 aliphatic heterocycles. The van der Waals surface area contributed by atoms with Crippen molar-refractivity contribution in [3.63, 3.8) is 0 Å². The lowest BCUT2D eigenvalue weighted by Crippen LogP contribution is -2.26. The van der Waals surface area contributed by atoms with E-state index in [1.165, 1.54) is 20.2 Å². The summed E-state index contributed by atoms with van der Waals surface area (Å²) in [4.78, 5) is 12.7. The molecule has 2 rings (SSSR count). The fourth-order valence-corrected chi connectivity index (χ4v) is 3.67. The first-order valence-electron chi connectivity index (χ1n) is 8.11. The number of hydrogen-bond donors (Lipinski definition) is 1. The van der Waals surface area contributed by atoms with E-state index in [0.29, 0.717) is 17.7 Å². The molecular weight excluding hydrogens is 352 g/mol. The van der Waals surface area contributed by atoms with E-state index in [0.717, 1.165) is 21.2 Å². The molecule has 7 heteroatoms. The number of ether oxygens (including phenoxy) is 1. The molecule has 2 aromatic rings. The van der Waals surface area contributed by atoms with Crippen molar-refractivity contribution < 1.29 is 17.9 Å². The SMILES string of the molecule is COc1ccc(CNC(=O)c2cc(C)c(C)c(S(=O)(=O)N(C)C)c2)cc1. The van der Waals surface area contributed by atoms with Crippen LogP contribution in [0.5, 0.6) is 5.75 Å². The molecule has 0 saturated heterocycles. The van der Waals surface area contributed by atoms with Gasteiger partial charge in [0.05, 0.1) is 12.0 Å². The molecule has 140 valence electrons. The Morgan fingerprint density at radius 3 is 2.27 bits per heavy atom. The third kappa shape index (κ3) is 4.23. The number of benzene rings is 2. The Hall–Kier alpha value is -2.38. The molecule has 1 N–H and O–H groups in total. The lowest BCUT2D eigenvalue weighted by molar-refractivity contribution is 0.0950. The molecule has 0 spiro atoms. The molecular formula is C19H24N2O4S. The molecule has 26 heavy (non-hydrogen) atoms. The first-order chi connectivity index (χ1) is 12.2. The Morgan fingerprint density at radius 1 is 1.12 bits per heavy atom. The third-order valence-electron chi connectivity index (χ3n) is 4.25. The molecule has 0 atom stereocenters. The molecule has 0 unspecified atom stereocenters. The van der Waals surface area contributed by atoms with Gasteiger partial charge in [-0.3, -0.25) is 4.79 Å². The number of hydrogen-bond acceptors (Lipinski definition) is 4. The van der Waals surface area contributed by atoms with Crippen LogP contribution in [0.25, 0.3) is 0 Å². The van der Waals surface area contributed by atoms with Crippen LogP contribution in [0.3, 0.4) is 0 Å². The third-order valence-corrected chi connectivity index (χ3v) is 6.19. The van der Waals surface area contributed by atoms with Crippen LogP contribution in [0.1, 0.15) is 27.0 Å². The smallest absolute Gasteiger partial charge is 0.251 e. The Balaban J connectivity index is 2.24. The van der Waals surface area contributed by atoms with Gasteiger partial charge in [0.2, 0.25) is 10.0 Å². The highest BCUT2D eigenvalue weighted by atomic mass is 32.2. The number of carbonyl (C=O) groups is 1. The first-order valence-corrected chi connectivity index (χ1v) is 9.55. The van der Waals surface area contributed by atoms with E-state index < -0.39 is 10.0 Å². The number of carbonyl (C=O) groups excluding carboxylic acids is 1. The molecule has 0 aromatic heterocycles. The number of aryl methyl sites for hydroxylation is 1. The summed E-state index contributed by atoms with van der Waals surface area (Å²) in [6.07, 6.45) is 0. The zero-order valence-electron chi connectivity index (χ0n) is 15.7. The maximum Gasteiger partial charge on any atom is 0.251 e. The molecule has 0 heterocycles. The molecule has 0 fully saturated rings. The fourth-order valence-electron chi connectivity index (χ4n) is 2.45. The van der Waals surface area contributed by atoms with E-state index in [2.05, 4.69) is 5.32 Å². The van der Waals surface area contributed by atoms with Crippen LogP contribution in [0.15, 0.2) is 41.3 Å². The molecule has 0 saturated carbocycles. The Bertz CT molecular complexity index is 904. The molecule has 1 amide bonds. The van der Waals surface area contributed by atoms with Crippen molar-refractivity contribution in [2.45, 2.75) is 25.3 Å². The van der Waals surface area contributed by atoms with Gasteiger partial charge in [0.25, 0.3) is 5.91 Å². The Morgan fingerprint density at radius 2 is 1.73 bits per heavy atom. The van der Waals surface area contributed by atoms with Crippen molar-refractivity contribution in [1.29, 1.82) is 0 Å². The second-order valence-corrected chi connectivity index (χ2v) is 8.35. The van der Waals surface area contributed by atoms with Gasteiger partial charge in [-0.15, -0.1) is 0 Å². The summed E-state index contributed by atoms with van der Waals surface area (Å²) < 4.78 is 31.3. The van der Waals surface area contributed by atoms with Crippen LogP contribution in [-0.2, 0) is 16.6 Å². The van der Waals surface area contributed by atoms with Gasteiger partial charge < -0.3 is 10.1 Å². The van der Waals surface area contributed by atoms with E-state index in [9.17, 15) is 13.2 Å². The van der Waals surface area contributed by atoms with E-state index in [1.54, 1.807) is 27.0 Å². The second-order valence-electron chi connectivity index (χ2n) is 6.23. The molecule has 0 aliphatic rings. The van der Waals surface area contributed by atoms with Gasteiger partial charge in [-0.05, 0) is 54.8 Å². The summed E-state index contributed by atoms with van der Waals surface area (Å²) >= 11 is 0. The quantitative estimate of drug-likeness (QED) is 0.840. The van der Waals surface area contributed by atoms with Crippen molar-refractivity contribution >= 4 is 15.9 Å². The highest BCUT2D eigenvalue weighted by Gasteiger charge is 2.22. The number of sulfonamides is 1. The van der Waals surface area contributed by atoms with Crippen LogP contribution < -0.4 is 10.1 Å². The van der Waals surface area contributed by atoms with E-state index in [4.69, 9.17) is 4.74 Å². The van der Waals surface area contributed by atoms with Crippen LogP contribution >= 0.6 is 0 Å². The zero-order chi connectivity index (χ0) is 19.5. The van der Waals surface area contributed by atoms with Crippen molar-refractivity contribution in [3.05, 3.63) is 58.7 Å². The minimum Gasteiger partial charge on any atom is -0.497 e. The Labute approximate surface area is 154 Å². The van der Waals surface area contributed by atoms with Crippen LogP contribution in [0.2, 0.25) is 0 Å². The maximum absolute atomic E-state index is 12.5. The lowest BCUT2D eigenvalue weighted by Gasteiger charge is -2.16. The number of nitrogens with one attached hydrogen (secondary N) is 1. The molecule has 2 aromatic carbocycles. The van der Waals surface area contributed by atoms with Gasteiger partial charge in [-0.1, -0.05) is 12.1 Å². The monoisotopic (exact) mass is 376 g/mol. The summed E-state index contributed by atoms with van der Waals surface area (Å²) in [6.45, 7) is 3.88. The van der Waals surface area contributed by atoms with E-state index >= 15 is 0 Å². The summed E-state index contributed by atoms with van der Waals surface area (Å²) in [5.74, 6) is 0.423. The average Bonchev–Trinajstić information content (AvgIpc) is 2.61. The van der Waals surface area contributed by atoms with Gasteiger partial charge in [0, 0.05) is 26.2 Å². The van der Waals surface area contributed by atoms with Gasteiger partial charge in [-0.25, -0.2) is 12.7 Å². The fraction of sp³-hybridized carbons (Fsp3) is 0.316. The van der Waals surface area contributed by atoms with Gasteiger partial charge in [-0.2, -0.15) is 0 Å². The topological polar surface area (TPSA) is 75.7 Å². The predicted molar refractivity (Wildman–Crippen MR) is 101 cm³/mol. The zero-order valence-corrected chi connectivity index (χ0v) is 16.5. The largest absolute Gasteiger partial charge is 0.497 e. The normalized spacial score (nSPS) is 11.5. The van der Waals surface area contributed by atoms with Crippen molar-refractivity contribution in [3.8, 4) is 5.75 Å². The van der Waals surface area contributed by atoms with Gasteiger partial charge in [0.1, 0.15) is 5.75 Å². The molecule has 0 bridgehead atoms.